The van der Waals surface area contributed by atoms with Gasteiger partial charge in [0.15, 0.2) is 0 Å². The number of para-hydroxylation sites is 1. The van der Waals surface area contributed by atoms with E-state index in [0.717, 1.165) is 0 Å². The van der Waals surface area contributed by atoms with Crippen LogP contribution in [0, 0.1) is 3.57 Å². The van der Waals surface area contributed by atoms with Gasteiger partial charge in [0, 0.05) is 3.57 Å². The summed E-state index contributed by atoms with van der Waals surface area (Å²) in [7, 11) is 0. The third kappa shape index (κ3) is 6.71. The van der Waals surface area contributed by atoms with Gasteiger partial charge < -0.3 is 19.9 Å². The summed E-state index contributed by atoms with van der Waals surface area (Å²) in [4.78, 5) is 50.7. The SMILES string of the molecule is O=C(O[C@H](C(=O)O)[C@H](OC(=O)c1ccccc1Cl)C(=O)Nc1ccccc1I)c1ccccc1Cl. The van der Waals surface area contributed by atoms with Crippen molar-refractivity contribution in [2.75, 3.05) is 5.32 Å². The number of carbonyl (C=O) groups excluding carboxylic acids is 3. The first-order valence-electron chi connectivity index (χ1n) is 9.88. The minimum absolute atomic E-state index is 0.00883. The summed E-state index contributed by atoms with van der Waals surface area (Å²) < 4.78 is 11.0. The fourth-order valence-corrected chi connectivity index (χ4v) is 3.82. The molecule has 8 nitrogen and oxygen atoms in total. The van der Waals surface area contributed by atoms with Crippen LogP contribution in [-0.4, -0.2) is 41.1 Å². The zero-order valence-corrected chi connectivity index (χ0v) is 21.3. The predicted octanol–water partition coefficient (Wildman–Crippen LogP) is 5.07. The lowest BCUT2D eigenvalue weighted by atomic mass is 10.1. The number of hydrogen-bond donors (Lipinski definition) is 2. The molecule has 35 heavy (non-hydrogen) atoms. The molecule has 3 rings (SSSR count). The van der Waals surface area contributed by atoms with Gasteiger partial charge in [-0.05, 0) is 59.0 Å². The number of hydrogen-bond acceptors (Lipinski definition) is 6. The second-order valence-corrected chi connectivity index (χ2v) is 8.90. The Morgan fingerprint density at radius 2 is 1.20 bits per heavy atom. The van der Waals surface area contributed by atoms with Gasteiger partial charge in [-0.15, -0.1) is 0 Å². The van der Waals surface area contributed by atoms with Crippen molar-refractivity contribution in [1.82, 2.24) is 0 Å². The summed E-state index contributed by atoms with van der Waals surface area (Å²) in [6.45, 7) is 0. The number of carboxylic acid groups (broad SMARTS) is 1. The Bertz CT molecular complexity index is 1280. The Balaban J connectivity index is 1.95. The number of anilines is 1. The van der Waals surface area contributed by atoms with Crippen LogP contribution in [0.1, 0.15) is 20.7 Å². The molecule has 0 spiro atoms. The van der Waals surface area contributed by atoms with Crippen LogP contribution >= 0.6 is 45.8 Å². The normalized spacial score (nSPS) is 12.2. The van der Waals surface area contributed by atoms with Gasteiger partial charge >= 0.3 is 17.9 Å². The van der Waals surface area contributed by atoms with E-state index in [1.165, 1.54) is 36.4 Å². The number of carboxylic acids is 1. The molecule has 2 atom stereocenters. The van der Waals surface area contributed by atoms with Crippen molar-refractivity contribution in [2.45, 2.75) is 12.2 Å². The zero-order chi connectivity index (χ0) is 25.5. The fraction of sp³-hybridized carbons (Fsp3) is 0.0833. The molecule has 0 radical (unpaired) electrons. The highest BCUT2D eigenvalue weighted by Crippen LogP contribution is 2.23. The van der Waals surface area contributed by atoms with Gasteiger partial charge in [-0.3, -0.25) is 4.79 Å². The van der Waals surface area contributed by atoms with Crippen LogP contribution in [-0.2, 0) is 19.1 Å². The largest absolute Gasteiger partial charge is 0.478 e. The van der Waals surface area contributed by atoms with Crippen molar-refractivity contribution in [3.8, 4) is 0 Å². The minimum atomic E-state index is -2.20. The number of esters is 2. The molecule has 0 unspecified atom stereocenters. The first-order chi connectivity index (χ1) is 16.7. The highest BCUT2D eigenvalue weighted by atomic mass is 127. The monoisotopic (exact) mass is 627 g/mol. The molecule has 0 aliphatic rings. The quantitative estimate of drug-likeness (QED) is 0.264. The van der Waals surface area contributed by atoms with E-state index in [1.54, 1.807) is 36.4 Å². The third-order valence-electron chi connectivity index (χ3n) is 4.56. The molecule has 1 amide bonds. The molecule has 0 heterocycles. The average Bonchev–Trinajstić information content (AvgIpc) is 2.82. The smallest absolute Gasteiger partial charge is 0.349 e. The Kier molecular flexibility index (Phi) is 9.07. The van der Waals surface area contributed by atoms with E-state index in [1.807, 2.05) is 22.6 Å². The van der Waals surface area contributed by atoms with E-state index in [0.29, 0.717) is 9.26 Å². The van der Waals surface area contributed by atoms with E-state index in [9.17, 15) is 24.3 Å². The van der Waals surface area contributed by atoms with Crippen LogP contribution in [0.4, 0.5) is 5.69 Å². The lowest BCUT2D eigenvalue weighted by molar-refractivity contribution is -0.157. The van der Waals surface area contributed by atoms with Crippen LogP contribution in [0.25, 0.3) is 0 Å². The predicted molar refractivity (Wildman–Crippen MR) is 137 cm³/mol. The number of benzene rings is 3. The summed E-state index contributed by atoms with van der Waals surface area (Å²) in [5.74, 6) is -4.96. The molecule has 0 saturated carbocycles. The minimum Gasteiger partial charge on any atom is -0.478 e. The van der Waals surface area contributed by atoms with Gasteiger partial charge in [-0.2, -0.15) is 0 Å². The van der Waals surface area contributed by atoms with Crippen LogP contribution in [0.2, 0.25) is 10.0 Å². The summed E-state index contributed by atoms with van der Waals surface area (Å²) >= 11 is 14.0. The van der Waals surface area contributed by atoms with E-state index >= 15 is 0 Å². The third-order valence-corrected chi connectivity index (χ3v) is 6.16. The first kappa shape index (κ1) is 26.5. The van der Waals surface area contributed by atoms with Crippen molar-refractivity contribution in [2.24, 2.45) is 0 Å². The molecule has 3 aromatic carbocycles. The molecule has 0 fully saturated rings. The number of carbonyl (C=O) groups is 4. The number of nitrogens with one attached hydrogen (secondary N) is 1. The van der Waals surface area contributed by atoms with E-state index in [-0.39, 0.29) is 21.2 Å². The Labute approximate surface area is 223 Å². The maximum absolute atomic E-state index is 13.1. The van der Waals surface area contributed by atoms with Crippen molar-refractivity contribution >= 4 is 75.3 Å². The number of amides is 1. The van der Waals surface area contributed by atoms with Gasteiger partial charge in [0.2, 0.25) is 12.2 Å². The van der Waals surface area contributed by atoms with Gasteiger partial charge in [0.25, 0.3) is 5.91 Å². The average molecular weight is 628 g/mol. The first-order valence-corrected chi connectivity index (χ1v) is 11.7. The van der Waals surface area contributed by atoms with Crippen LogP contribution in [0.5, 0.6) is 0 Å². The molecule has 3 aromatic rings. The van der Waals surface area contributed by atoms with Crippen molar-refractivity contribution in [3.63, 3.8) is 0 Å². The molecule has 0 aliphatic carbocycles. The maximum atomic E-state index is 13.1. The molecular formula is C24H16Cl2INO7. The van der Waals surface area contributed by atoms with Crippen LogP contribution in [0.15, 0.2) is 72.8 Å². The van der Waals surface area contributed by atoms with Gasteiger partial charge in [-0.25, -0.2) is 14.4 Å². The summed E-state index contributed by atoms with van der Waals surface area (Å²) in [6.07, 6.45) is -4.27. The van der Waals surface area contributed by atoms with Crippen molar-refractivity contribution < 1.29 is 33.8 Å². The highest BCUT2D eigenvalue weighted by molar-refractivity contribution is 14.1. The molecular weight excluding hydrogens is 612 g/mol. The number of rotatable bonds is 8. The van der Waals surface area contributed by atoms with Crippen LogP contribution in [0.3, 0.4) is 0 Å². The number of aliphatic carboxylic acids is 1. The molecule has 0 aliphatic heterocycles. The van der Waals surface area contributed by atoms with Crippen molar-refractivity contribution in [3.05, 3.63) is 97.5 Å². The summed E-state index contributed by atoms with van der Waals surface area (Å²) in [5, 5.41) is 12.3. The van der Waals surface area contributed by atoms with Gasteiger partial charge in [0.1, 0.15) is 0 Å². The van der Waals surface area contributed by atoms with E-state index < -0.39 is 36.0 Å². The fourth-order valence-electron chi connectivity index (χ4n) is 2.87. The molecule has 2 N–H and O–H groups in total. The van der Waals surface area contributed by atoms with Gasteiger partial charge in [0.05, 0.1) is 26.9 Å². The zero-order valence-electron chi connectivity index (χ0n) is 17.6. The summed E-state index contributed by atoms with van der Waals surface area (Å²) in [6, 6.07) is 18.3. The Hall–Kier alpha value is -3.15. The maximum Gasteiger partial charge on any atom is 0.349 e. The highest BCUT2D eigenvalue weighted by Gasteiger charge is 2.41. The lowest BCUT2D eigenvalue weighted by Crippen LogP contribution is -2.48. The second-order valence-electron chi connectivity index (χ2n) is 6.92. The molecule has 0 aromatic heterocycles. The molecule has 0 bridgehead atoms. The van der Waals surface area contributed by atoms with Crippen molar-refractivity contribution in [1.29, 1.82) is 0 Å². The Morgan fingerprint density at radius 3 is 1.69 bits per heavy atom. The van der Waals surface area contributed by atoms with Gasteiger partial charge in [-0.1, -0.05) is 59.6 Å². The summed E-state index contributed by atoms with van der Waals surface area (Å²) in [5.41, 5.74) is 0.0934. The standard InChI is InChI=1S/C24H16Cl2INO7/c25-15-9-3-1-7-13(15)23(32)34-19(21(29)28-18-12-6-5-11-17(18)27)20(22(30)31)35-24(33)14-8-2-4-10-16(14)26/h1-12,19-20H,(H,28,29)(H,30,31)/t19-,20-/m0/s1. The molecule has 180 valence electrons. The molecule has 11 heteroatoms. The number of ether oxygens (including phenoxy) is 2. The van der Waals surface area contributed by atoms with E-state index in [2.05, 4.69) is 5.32 Å². The second kappa shape index (κ2) is 12.0. The lowest BCUT2D eigenvalue weighted by Gasteiger charge is -2.24. The Morgan fingerprint density at radius 1 is 0.743 bits per heavy atom. The topological polar surface area (TPSA) is 119 Å². The number of halogens is 3. The van der Waals surface area contributed by atoms with Crippen LogP contribution < -0.4 is 5.32 Å². The molecule has 0 saturated heterocycles. The van der Waals surface area contributed by atoms with E-state index in [4.69, 9.17) is 32.7 Å².